The lowest BCUT2D eigenvalue weighted by Crippen LogP contribution is -2.27. The molecule has 180 valence electrons. The number of hydrogen-bond acceptors (Lipinski definition) is 6. The van der Waals surface area contributed by atoms with Crippen LogP contribution >= 0.6 is 11.8 Å². The molecule has 1 aliphatic carbocycles. The van der Waals surface area contributed by atoms with Crippen LogP contribution in [0.3, 0.4) is 0 Å². The maximum atomic E-state index is 12.8. The van der Waals surface area contributed by atoms with Crippen LogP contribution in [-0.4, -0.2) is 54.3 Å². The summed E-state index contributed by atoms with van der Waals surface area (Å²) >= 11 is 1.96. The minimum atomic E-state index is -0.121. The Kier molecular flexibility index (Phi) is 8.63. The van der Waals surface area contributed by atoms with Gasteiger partial charge in [0.1, 0.15) is 0 Å². The first kappa shape index (κ1) is 24.3. The Morgan fingerprint density at radius 3 is 2.71 bits per heavy atom. The van der Waals surface area contributed by atoms with Gasteiger partial charge in [0.15, 0.2) is 0 Å². The highest BCUT2D eigenvalue weighted by molar-refractivity contribution is 7.99. The van der Waals surface area contributed by atoms with Crippen LogP contribution in [0.15, 0.2) is 47.6 Å². The molecule has 6 nitrogen and oxygen atoms in total. The Balaban J connectivity index is 1.30. The van der Waals surface area contributed by atoms with Crippen LogP contribution in [0.1, 0.15) is 53.2 Å². The van der Waals surface area contributed by atoms with E-state index in [2.05, 4.69) is 27.6 Å². The van der Waals surface area contributed by atoms with E-state index in [1.807, 2.05) is 55.2 Å². The molecule has 1 N–H and O–H groups in total. The van der Waals surface area contributed by atoms with Crippen LogP contribution in [0.4, 0.5) is 5.69 Å². The van der Waals surface area contributed by atoms with E-state index in [1.165, 1.54) is 11.1 Å². The molecule has 1 amide bonds. The number of aryl methyl sites for hydroxylation is 1. The number of hydrogen-bond donors (Lipinski definition) is 1. The Labute approximate surface area is 206 Å². The molecular weight excluding hydrogens is 446 g/mol. The minimum absolute atomic E-state index is 0.0953. The van der Waals surface area contributed by atoms with E-state index >= 15 is 0 Å². The molecule has 2 aliphatic rings. The zero-order valence-corrected chi connectivity index (χ0v) is 20.6. The number of carbonyl (C=O) groups is 2. The molecule has 2 aromatic rings. The van der Waals surface area contributed by atoms with Gasteiger partial charge in [0.25, 0.3) is 5.91 Å². The summed E-state index contributed by atoms with van der Waals surface area (Å²) in [5, 5.41) is 9.65. The van der Waals surface area contributed by atoms with Gasteiger partial charge < -0.3 is 10.1 Å². The number of hydrazone groups is 1. The molecule has 1 saturated heterocycles. The molecule has 0 aromatic heterocycles. The van der Waals surface area contributed by atoms with Gasteiger partial charge in [-0.25, -0.2) is 0 Å². The average Bonchev–Trinajstić information content (AvgIpc) is 2.87. The van der Waals surface area contributed by atoms with Crippen molar-refractivity contribution < 1.29 is 14.3 Å². The van der Waals surface area contributed by atoms with E-state index in [-0.39, 0.29) is 11.9 Å². The number of rotatable bonds is 8. The van der Waals surface area contributed by atoms with Crippen molar-refractivity contribution in [3.05, 3.63) is 64.7 Å². The van der Waals surface area contributed by atoms with Crippen molar-refractivity contribution in [3.8, 4) is 0 Å². The van der Waals surface area contributed by atoms with Gasteiger partial charge in [-0.05, 0) is 72.6 Å². The summed E-state index contributed by atoms with van der Waals surface area (Å²) in [6.45, 7) is 4.46. The lowest BCUT2D eigenvalue weighted by molar-refractivity contribution is -0.144. The van der Waals surface area contributed by atoms with Crippen molar-refractivity contribution in [2.24, 2.45) is 11.0 Å². The number of carbonyl (C=O) groups excluding carboxylic acids is 2. The Bertz CT molecular complexity index is 1020. The highest BCUT2D eigenvalue weighted by Crippen LogP contribution is 2.30. The standard InChI is InChI=1S/C27H33N3O3S/c1-2-13-33-26(31)17-21-5-8-24-18-25(10-9-23(24)16-21)29-27(32)22-6-3-20(4-7-22)19-28-30-11-14-34-15-12-30/h3-4,6-7,9-10,18-19,21H,2,5,8,11-17H2,1H3,(H,29,32). The van der Waals surface area contributed by atoms with Crippen LogP contribution in [0, 0.1) is 5.92 Å². The maximum absolute atomic E-state index is 12.8. The van der Waals surface area contributed by atoms with Crippen molar-refractivity contribution in [2.75, 3.05) is 36.5 Å². The van der Waals surface area contributed by atoms with Crippen LogP contribution in [-0.2, 0) is 22.4 Å². The van der Waals surface area contributed by atoms with E-state index in [9.17, 15) is 9.59 Å². The monoisotopic (exact) mass is 479 g/mol. The number of anilines is 1. The summed E-state index contributed by atoms with van der Waals surface area (Å²) in [6.07, 6.45) is 5.95. The molecular formula is C27H33N3O3S. The number of esters is 1. The quantitative estimate of drug-likeness (QED) is 0.436. The second-order valence-corrected chi connectivity index (χ2v) is 10.1. The fraction of sp³-hybridized carbons (Fsp3) is 0.444. The molecule has 4 rings (SSSR count). The van der Waals surface area contributed by atoms with Crippen LogP contribution in [0.25, 0.3) is 0 Å². The topological polar surface area (TPSA) is 71.0 Å². The molecule has 34 heavy (non-hydrogen) atoms. The first-order valence-corrected chi connectivity index (χ1v) is 13.3. The van der Waals surface area contributed by atoms with E-state index in [0.29, 0.717) is 24.5 Å². The van der Waals surface area contributed by atoms with Gasteiger partial charge in [-0.3, -0.25) is 14.6 Å². The summed E-state index contributed by atoms with van der Waals surface area (Å²) in [7, 11) is 0. The van der Waals surface area contributed by atoms with Crippen molar-refractivity contribution >= 4 is 35.5 Å². The van der Waals surface area contributed by atoms with Gasteiger partial charge in [-0.15, -0.1) is 0 Å². The molecule has 1 heterocycles. The highest BCUT2D eigenvalue weighted by Gasteiger charge is 2.22. The number of nitrogens with one attached hydrogen (secondary N) is 1. The van der Waals surface area contributed by atoms with Crippen molar-refractivity contribution in [1.29, 1.82) is 0 Å². The molecule has 0 radical (unpaired) electrons. The van der Waals surface area contributed by atoms with Gasteiger partial charge in [-0.2, -0.15) is 16.9 Å². The fourth-order valence-electron chi connectivity index (χ4n) is 4.33. The van der Waals surface area contributed by atoms with Crippen molar-refractivity contribution in [2.45, 2.75) is 39.0 Å². The summed E-state index contributed by atoms with van der Waals surface area (Å²) in [4.78, 5) is 24.7. The number of thioether (sulfide) groups is 1. The third-order valence-corrected chi connectivity index (χ3v) is 7.19. The largest absolute Gasteiger partial charge is 0.466 e. The zero-order valence-electron chi connectivity index (χ0n) is 19.8. The predicted octanol–water partition coefficient (Wildman–Crippen LogP) is 4.77. The molecule has 7 heteroatoms. The second kappa shape index (κ2) is 12.1. The molecule has 1 aliphatic heterocycles. The summed E-state index contributed by atoms with van der Waals surface area (Å²) in [5.74, 6) is 2.35. The second-order valence-electron chi connectivity index (χ2n) is 8.90. The lowest BCUT2D eigenvalue weighted by Gasteiger charge is -2.24. The van der Waals surface area contributed by atoms with Crippen molar-refractivity contribution in [1.82, 2.24) is 5.01 Å². The summed E-state index contributed by atoms with van der Waals surface area (Å²) in [5.41, 5.74) is 4.91. The van der Waals surface area contributed by atoms with E-state index in [4.69, 9.17) is 4.74 Å². The maximum Gasteiger partial charge on any atom is 0.306 e. The highest BCUT2D eigenvalue weighted by atomic mass is 32.2. The summed E-state index contributed by atoms with van der Waals surface area (Å²) < 4.78 is 5.24. The number of amides is 1. The number of ether oxygens (including phenoxy) is 1. The van der Waals surface area contributed by atoms with E-state index in [1.54, 1.807) is 0 Å². The smallest absolute Gasteiger partial charge is 0.306 e. The number of fused-ring (bicyclic) bond motifs is 1. The van der Waals surface area contributed by atoms with Gasteiger partial charge in [0, 0.05) is 42.3 Å². The van der Waals surface area contributed by atoms with E-state index < -0.39 is 0 Å². The number of benzene rings is 2. The molecule has 0 spiro atoms. The third-order valence-electron chi connectivity index (χ3n) is 6.25. The fourth-order valence-corrected chi connectivity index (χ4v) is 5.22. The van der Waals surface area contributed by atoms with Crippen molar-refractivity contribution in [3.63, 3.8) is 0 Å². The molecule has 0 bridgehead atoms. The molecule has 1 unspecified atom stereocenters. The normalized spacial score (nSPS) is 17.9. The minimum Gasteiger partial charge on any atom is -0.466 e. The van der Waals surface area contributed by atoms with Gasteiger partial charge in [-0.1, -0.05) is 25.1 Å². The Morgan fingerprint density at radius 1 is 1.15 bits per heavy atom. The van der Waals surface area contributed by atoms with Crippen LogP contribution < -0.4 is 5.32 Å². The zero-order chi connectivity index (χ0) is 23.8. The third kappa shape index (κ3) is 6.86. The molecule has 1 fully saturated rings. The van der Waals surface area contributed by atoms with E-state index in [0.717, 1.165) is 61.5 Å². The van der Waals surface area contributed by atoms with Gasteiger partial charge in [0.2, 0.25) is 0 Å². The Hall–Kier alpha value is -2.80. The molecule has 1 atom stereocenters. The first-order chi connectivity index (χ1) is 16.6. The molecule has 2 aromatic carbocycles. The lowest BCUT2D eigenvalue weighted by atomic mass is 9.82. The van der Waals surface area contributed by atoms with Gasteiger partial charge in [0.05, 0.1) is 12.8 Å². The Morgan fingerprint density at radius 2 is 1.94 bits per heavy atom. The number of nitrogens with zero attached hydrogens (tertiary/aromatic N) is 2. The van der Waals surface area contributed by atoms with Crippen LogP contribution in [0.5, 0.6) is 0 Å². The molecule has 0 saturated carbocycles. The summed E-state index contributed by atoms with van der Waals surface area (Å²) in [6, 6.07) is 13.6. The van der Waals surface area contributed by atoms with Gasteiger partial charge >= 0.3 is 5.97 Å². The SMILES string of the molecule is CCCOC(=O)CC1CCc2cc(NC(=O)c3ccc(C=NN4CCSCC4)cc3)ccc2C1. The first-order valence-electron chi connectivity index (χ1n) is 12.2. The predicted molar refractivity (Wildman–Crippen MR) is 139 cm³/mol. The van der Waals surface area contributed by atoms with Crippen LogP contribution in [0.2, 0.25) is 0 Å². The average molecular weight is 480 g/mol.